The van der Waals surface area contributed by atoms with Gasteiger partial charge >= 0.3 is 0 Å². The van der Waals surface area contributed by atoms with Crippen LogP contribution < -0.4 is 0 Å². The lowest BCUT2D eigenvalue weighted by Gasteiger charge is -2.31. The van der Waals surface area contributed by atoms with Crippen molar-refractivity contribution < 1.29 is 22.7 Å². The van der Waals surface area contributed by atoms with E-state index in [9.17, 15) is 13.5 Å². The molecule has 2 heterocycles. The summed E-state index contributed by atoms with van der Waals surface area (Å²) in [7, 11) is -2.02. The summed E-state index contributed by atoms with van der Waals surface area (Å²) >= 11 is 0. The van der Waals surface area contributed by atoms with Gasteiger partial charge in [0.25, 0.3) is 0 Å². The summed E-state index contributed by atoms with van der Waals surface area (Å²) < 4.78 is 37.8. The highest BCUT2D eigenvalue weighted by Gasteiger charge is 2.35. The van der Waals surface area contributed by atoms with Crippen LogP contribution in [-0.4, -0.2) is 44.6 Å². The first-order chi connectivity index (χ1) is 9.91. The van der Waals surface area contributed by atoms with Crippen molar-refractivity contribution in [3.63, 3.8) is 0 Å². The lowest BCUT2D eigenvalue weighted by molar-refractivity contribution is 0.118. The molecule has 0 amide bonds. The van der Waals surface area contributed by atoms with E-state index in [-0.39, 0.29) is 17.4 Å². The van der Waals surface area contributed by atoms with Gasteiger partial charge in [-0.2, -0.15) is 4.31 Å². The SMILES string of the molecule is COCC1CCCN(S(=O)(=O)c2c(C)oc(C)c2CO)C1. The summed E-state index contributed by atoms with van der Waals surface area (Å²) in [5.41, 5.74) is 0.362. The monoisotopic (exact) mass is 317 g/mol. The first kappa shape index (κ1) is 16.5. The van der Waals surface area contributed by atoms with E-state index in [1.54, 1.807) is 21.0 Å². The van der Waals surface area contributed by atoms with Gasteiger partial charge in [0.15, 0.2) is 0 Å². The van der Waals surface area contributed by atoms with Crippen LogP contribution in [0.1, 0.15) is 29.9 Å². The second kappa shape index (κ2) is 6.48. The van der Waals surface area contributed by atoms with Gasteiger partial charge in [-0.15, -0.1) is 0 Å². The van der Waals surface area contributed by atoms with Crippen molar-refractivity contribution >= 4 is 10.0 Å². The largest absolute Gasteiger partial charge is 0.465 e. The maximum atomic E-state index is 12.9. The van der Waals surface area contributed by atoms with Gasteiger partial charge in [0.05, 0.1) is 13.2 Å². The molecule has 1 aliphatic heterocycles. The Labute approximate surface area is 125 Å². The standard InChI is InChI=1S/C14H23NO5S/c1-10-13(8-16)14(11(2)20-10)21(17,18)15-6-4-5-12(7-15)9-19-3/h12,16H,4-9H2,1-3H3. The average Bonchev–Trinajstić information content (AvgIpc) is 2.74. The normalized spacial score (nSPS) is 20.9. The number of sulfonamides is 1. The number of furan rings is 1. The molecule has 1 saturated heterocycles. The minimum Gasteiger partial charge on any atom is -0.465 e. The smallest absolute Gasteiger partial charge is 0.246 e. The molecule has 1 aliphatic rings. The summed E-state index contributed by atoms with van der Waals surface area (Å²) in [5.74, 6) is 1.01. The molecule has 120 valence electrons. The molecule has 7 heteroatoms. The van der Waals surface area contributed by atoms with E-state index in [1.165, 1.54) is 4.31 Å². The molecule has 1 unspecified atom stereocenters. The number of rotatable bonds is 5. The van der Waals surface area contributed by atoms with Crippen LogP contribution in [0.4, 0.5) is 0 Å². The van der Waals surface area contributed by atoms with Gasteiger partial charge in [-0.3, -0.25) is 0 Å². The van der Waals surface area contributed by atoms with Crippen molar-refractivity contribution in [3.05, 3.63) is 17.1 Å². The molecule has 1 aromatic rings. The highest BCUT2D eigenvalue weighted by molar-refractivity contribution is 7.89. The van der Waals surface area contributed by atoms with Crippen molar-refractivity contribution in [2.24, 2.45) is 5.92 Å². The van der Waals surface area contributed by atoms with Crippen molar-refractivity contribution in [3.8, 4) is 0 Å². The third kappa shape index (κ3) is 3.15. The van der Waals surface area contributed by atoms with Crippen molar-refractivity contribution in [1.82, 2.24) is 4.31 Å². The van der Waals surface area contributed by atoms with Crippen LogP contribution in [0.2, 0.25) is 0 Å². The zero-order valence-corrected chi connectivity index (χ0v) is 13.6. The topological polar surface area (TPSA) is 80.0 Å². The molecule has 1 N–H and O–H groups in total. The van der Waals surface area contributed by atoms with E-state index < -0.39 is 10.0 Å². The fraction of sp³-hybridized carbons (Fsp3) is 0.714. The Kier molecular flexibility index (Phi) is 5.08. The predicted octanol–water partition coefficient (Wildman–Crippen LogP) is 1.44. The summed E-state index contributed by atoms with van der Waals surface area (Å²) in [6, 6.07) is 0. The van der Waals surface area contributed by atoms with Crippen LogP contribution >= 0.6 is 0 Å². The van der Waals surface area contributed by atoms with E-state index in [4.69, 9.17) is 9.15 Å². The van der Waals surface area contributed by atoms with Crippen molar-refractivity contribution in [2.45, 2.75) is 38.2 Å². The molecule has 0 aliphatic carbocycles. The Hall–Kier alpha value is -0.890. The number of aryl methyl sites for hydroxylation is 2. The zero-order chi connectivity index (χ0) is 15.6. The van der Waals surface area contributed by atoms with E-state index in [0.717, 1.165) is 12.8 Å². The molecule has 1 atom stereocenters. The second-order valence-electron chi connectivity index (χ2n) is 5.51. The summed E-state index contributed by atoms with van der Waals surface area (Å²) in [6.07, 6.45) is 1.79. The fourth-order valence-electron chi connectivity index (χ4n) is 2.98. The molecular weight excluding hydrogens is 294 g/mol. The molecule has 1 fully saturated rings. The van der Waals surface area contributed by atoms with Gasteiger partial charge < -0.3 is 14.3 Å². The minimum absolute atomic E-state index is 0.126. The van der Waals surface area contributed by atoms with Crippen LogP contribution in [-0.2, 0) is 21.4 Å². The molecule has 0 spiro atoms. The molecular formula is C14H23NO5S. The van der Waals surface area contributed by atoms with Crippen LogP contribution in [0.5, 0.6) is 0 Å². The lowest BCUT2D eigenvalue weighted by Crippen LogP contribution is -2.41. The van der Waals surface area contributed by atoms with Gasteiger partial charge in [-0.05, 0) is 32.6 Å². The lowest BCUT2D eigenvalue weighted by atomic mass is 10.0. The quantitative estimate of drug-likeness (QED) is 0.889. The molecule has 1 aromatic heterocycles. The van der Waals surface area contributed by atoms with Crippen molar-refractivity contribution in [1.29, 1.82) is 0 Å². The van der Waals surface area contributed by atoms with Crippen LogP contribution in [0, 0.1) is 19.8 Å². The number of hydrogen-bond acceptors (Lipinski definition) is 5. The number of ether oxygens (including phenoxy) is 1. The number of methoxy groups -OCH3 is 1. The molecule has 0 bridgehead atoms. The van der Waals surface area contributed by atoms with E-state index in [1.807, 2.05) is 0 Å². The molecule has 0 radical (unpaired) electrons. The Bertz CT molecular complexity index is 591. The van der Waals surface area contributed by atoms with Crippen LogP contribution in [0.15, 0.2) is 9.31 Å². The Balaban J connectivity index is 2.34. The number of hydrogen-bond donors (Lipinski definition) is 1. The van der Waals surface area contributed by atoms with Gasteiger partial charge in [-0.1, -0.05) is 0 Å². The minimum atomic E-state index is -3.64. The fourth-order valence-corrected chi connectivity index (χ4v) is 4.94. The highest BCUT2D eigenvalue weighted by atomic mass is 32.2. The van der Waals surface area contributed by atoms with E-state index in [0.29, 0.717) is 36.8 Å². The van der Waals surface area contributed by atoms with E-state index >= 15 is 0 Å². The van der Waals surface area contributed by atoms with Gasteiger partial charge in [-0.25, -0.2) is 8.42 Å². The number of aliphatic hydroxyl groups is 1. The Morgan fingerprint density at radius 1 is 1.38 bits per heavy atom. The van der Waals surface area contributed by atoms with Gasteiger partial charge in [0.1, 0.15) is 16.4 Å². The molecule has 6 nitrogen and oxygen atoms in total. The molecule has 0 saturated carbocycles. The Morgan fingerprint density at radius 2 is 2.10 bits per heavy atom. The summed E-state index contributed by atoms with van der Waals surface area (Å²) in [4.78, 5) is 0.126. The molecule has 0 aromatic carbocycles. The maximum Gasteiger partial charge on any atom is 0.246 e. The predicted molar refractivity (Wildman–Crippen MR) is 77.5 cm³/mol. The third-order valence-corrected chi connectivity index (χ3v) is 6.03. The second-order valence-corrected chi connectivity index (χ2v) is 7.38. The van der Waals surface area contributed by atoms with Crippen LogP contribution in [0.3, 0.4) is 0 Å². The van der Waals surface area contributed by atoms with Crippen molar-refractivity contribution in [2.75, 3.05) is 26.8 Å². The molecule has 21 heavy (non-hydrogen) atoms. The molecule has 2 rings (SSSR count). The number of nitrogens with zero attached hydrogens (tertiary/aromatic N) is 1. The average molecular weight is 317 g/mol. The summed E-state index contributed by atoms with van der Waals surface area (Å²) in [5, 5.41) is 9.45. The first-order valence-electron chi connectivity index (χ1n) is 7.10. The third-order valence-electron chi connectivity index (χ3n) is 3.97. The maximum absolute atomic E-state index is 12.9. The van der Waals surface area contributed by atoms with Gasteiger partial charge in [0.2, 0.25) is 10.0 Å². The van der Waals surface area contributed by atoms with E-state index in [2.05, 4.69) is 0 Å². The van der Waals surface area contributed by atoms with Gasteiger partial charge in [0, 0.05) is 25.8 Å². The highest BCUT2D eigenvalue weighted by Crippen LogP contribution is 2.31. The Morgan fingerprint density at radius 3 is 2.71 bits per heavy atom. The van der Waals surface area contributed by atoms with Crippen LogP contribution in [0.25, 0.3) is 0 Å². The number of aliphatic hydroxyl groups excluding tert-OH is 1. The summed E-state index contributed by atoms with van der Waals surface area (Å²) in [6.45, 7) is 4.45. The zero-order valence-electron chi connectivity index (χ0n) is 12.8. The number of piperidine rings is 1. The first-order valence-corrected chi connectivity index (χ1v) is 8.54.